The van der Waals surface area contributed by atoms with E-state index < -0.39 is 0 Å². The monoisotopic (exact) mass is 233 g/mol. The second-order valence-electron chi connectivity index (χ2n) is 5.26. The second-order valence-corrected chi connectivity index (χ2v) is 5.26. The molecule has 0 saturated heterocycles. The minimum atomic E-state index is 0.259. The van der Waals surface area contributed by atoms with Gasteiger partial charge in [-0.05, 0) is 56.3 Å². The number of hydrogen-bond donors (Lipinski definition) is 1. The van der Waals surface area contributed by atoms with Crippen LogP contribution in [0.4, 0.5) is 0 Å². The molecule has 1 aliphatic carbocycles. The average molecular weight is 233 g/mol. The van der Waals surface area contributed by atoms with Crippen LogP contribution in [0.5, 0.6) is 5.75 Å². The predicted octanol–water partition coefficient (Wildman–Crippen LogP) is 2.94. The van der Waals surface area contributed by atoms with Crippen LogP contribution in [0.2, 0.25) is 0 Å². The Bertz CT molecular complexity index is 389. The highest BCUT2D eigenvalue weighted by atomic mass is 16.5. The molecule has 0 aliphatic heterocycles. The van der Waals surface area contributed by atoms with Crippen LogP contribution in [0, 0.1) is 0 Å². The highest BCUT2D eigenvalue weighted by Crippen LogP contribution is 2.33. The van der Waals surface area contributed by atoms with Gasteiger partial charge in [0.2, 0.25) is 0 Å². The normalized spacial score (nSPS) is 23.2. The maximum absolute atomic E-state index is 5.44. The Hall–Kier alpha value is -1.02. The lowest BCUT2D eigenvalue weighted by Crippen LogP contribution is -2.47. The summed E-state index contributed by atoms with van der Waals surface area (Å²) in [7, 11) is 1.76. The fraction of sp³-hybridized carbons (Fsp3) is 0.600. The zero-order chi connectivity index (χ0) is 12.3. The standard InChI is InChI=1S/C15H23NO/c1-4-10-16-15(2)9-8-13-12(11-15)6-5-7-14(13)17-3/h5-7,16H,4,8-11H2,1-3H3. The van der Waals surface area contributed by atoms with E-state index in [-0.39, 0.29) is 5.54 Å². The molecule has 0 heterocycles. The number of fused-ring (bicyclic) bond motifs is 1. The number of rotatable bonds is 4. The summed E-state index contributed by atoms with van der Waals surface area (Å²) in [6.45, 7) is 5.66. The zero-order valence-corrected chi connectivity index (χ0v) is 11.2. The summed E-state index contributed by atoms with van der Waals surface area (Å²) >= 11 is 0. The largest absolute Gasteiger partial charge is 0.496 e. The van der Waals surface area contributed by atoms with Crippen molar-refractivity contribution >= 4 is 0 Å². The Labute approximate surface area is 104 Å². The highest BCUT2D eigenvalue weighted by molar-refractivity contribution is 5.43. The molecule has 1 unspecified atom stereocenters. The molecule has 94 valence electrons. The Morgan fingerprint density at radius 1 is 1.41 bits per heavy atom. The van der Waals surface area contributed by atoms with Crippen molar-refractivity contribution in [3.05, 3.63) is 29.3 Å². The van der Waals surface area contributed by atoms with Gasteiger partial charge in [-0.2, -0.15) is 0 Å². The first-order valence-electron chi connectivity index (χ1n) is 6.58. The molecule has 2 rings (SSSR count). The molecule has 0 aromatic heterocycles. The molecule has 1 N–H and O–H groups in total. The minimum Gasteiger partial charge on any atom is -0.496 e. The minimum absolute atomic E-state index is 0.259. The van der Waals surface area contributed by atoms with Gasteiger partial charge in [0.05, 0.1) is 7.11 Å². The van der Waals surface area contributed by atoms with Crippen LogP contribution in [0.1, 0.15) is 37.8 Å². The lowest BCUT2D eigenvalue weighted by molar-refractivity contribution is 0.309. The van der Waals surface area contributed by atoms with E-state index >= 15 is 0 Å². The summed E-state index contributed by atoms with van der Waals surface area (Å²) in [5, 5.41) is 3.69. The molecule has 2 nitrogen and oxygen atoms in total. The van der Waals surface area contributed by atoms with E-state index in [4.69, 9.17) is 4.74 Å². The fourth-order valence-corrected chi connectivity index (χ4v) is 2.74. The molecular weight excluding hydrogens is 210 g/mol. The molecule has 1 atom stereocenters. The molecule has 1 aromatic rings. The van der Waals surface area contributed by atoms with Crippen molar-refractivity contribution in [2.75, 3.05) is 13.7 Å². The van der Waals surface area contributed by atoms with Gasteiger partial charge in [-0.25, -0.2) is 0 Å². The first kappa shape index (κ1) is 12.4. The van der Waals surface area contributed by atoms with Crippen molar-refractivity contribution in [1.29, 1.82) is 0 Å². The molecular formula is C15H23NO. The van der Waals surface area contributed by atoms with E-state index in [1.807, 2.05) is 0 Å². The van der Waals surface area contributed by atoms with E-state index in [1.54, 1.807) is 7.11 Å². The molecule has 0 amide bonds. The number of nitrogens with one attached hydrogen (secondary N) is 1. The third kappa shape index (κ3) is 2.63. The Balaban J connectivity index is 2.19. The number of benzene rings is 1. The first-order chi connectivity index (χ1) is 8.18. The number of hydrogen-bond acceptors (Lipinski definition) is 2. The summed E-state index contributed by atoms with van der Waals surface area (Å²) in [5.74, 6) is 1.06. The van der Waals surface area contributed by atoms with Crippen LogP contribution < -0.4 is 10.1 Å². The van der Waals surface area contributed by atoms with Gasteiger partial charge in [0.15, 0.2) is 0 Å². The van der Waals surface area contributed by atoms with Gasteiger partial charge in [-0.15, -0.1) is 0 Å². The van der Waals surface area contributed by atoms with E-state index in [0.29, 0.717) is 0 Å². The van der Waals surface area contributed by atoms with Crippen molar-refractivity contribution < 1.29 is 4.74 Å². The number of methoxy groups -OCH3 is 1. The van der Waals surface area contributed by atoms with Crippen LogP contribution >= 0.6 is 0 Å². The summed E-state index contributed by atoms with van der Waals surface area (Å²) in [6.07, 6.45) is 4.62. The van der Waals surface area contributed by atoms with Gasteiger partial charge in [-0.3, -0.25) is 0 Å². The van der Waals surface area contributed by atoms with Gasteiger partial charge < -0.3 is 10.1 Å². The Morgan fingerprint density at radius 2 is 2.24 bits per heavy atom. The quantitative estimate of drug-likeness (QED) is 0.863. The summed E-state index contributed by atoms with van der Waals surface area (Å²) < 4.78 is 5.44. The van der Waals surface area contributed by atoms with Crippen molar-refractivity contribution in [2.24, 2.45) is 0 Å². The lowest BCUT2D eigenvalue weighted by atomic mass is 9.79. The van der Waals surface area contributed by atoms with E-state index in [1.165, 1.54) is 24.0 Å². The van der Waals surface area contributed by atoms with E-state index in [0.717, 1.165) is 25.1 Å². The molecule has 1 aromatic carbocycles. The molecule has 0 bridgehead atoms. The van der Waals surface area contributed by atoms with Crippen molar-refractivity contribution in [3.8, 4) is 5.75 Å². The number of ether oxygens (including phenoxy) is 1. The Morgan fingerprint density at radius 3 is 2.94 bits per heavy atom. The van der Waals surface area contributed by atoms with Crippen LogP contribution in [0.15, 0.2) is 18.2 Å². The second kappa shape index (κ2) is 5.09. The third-order valence-electron chi connectivity index (χ3n) is 3.76. The van der Waals surface area contributed by atoms with Gasteiger partial charge >= 0.3 is 0 Å². The molecule has 0 saturated carbocycles. The highest BCUT2D eigenvalue weighted by Gasteiger charge is 2.30. The molecule has 0 fully saturated rings. The first-order valence-corrected chi connectivity index (χ1v) is 6.58. The topological polar surface area (TPSA) is 21.3 Å². The third-order valence-corrected chi connectivity index (χ3v) is 3.76. The van der Waals surface area contributed by atoms with Gasteiger partial charge in [-0.1, -0.05) is 19.1 Å². The summed E-state index contributed by atoms with van der Waals surface area (Å²) in [4.78, 5) is 0. The average Bonchev–Trinajstić information content (AvgIpc) is 2.35. The van der Waals surface area contributed by atoms with Crippen molar-refractivity contribution in [1.82, 2.24) is 5.32 Å². The fourth-order valence-electron chi connectivity index (χ4n) is 2.74. The van der Waals surface area contributed by atoms with E-state index in [9.17, 15) is 0 Å². The maximum atomic E-state index is 5.44. The summed E-state index contributed by atoms with van der Waals surface area (Å²) in [5.41, 5.74) is 3.11. The van der Waals surface area contributed by atoms with Crippen LogP contribution in [0.3, 0.4) is 0 Å². The van der Waals surface area contributed by atoms with Crippen LogP contribution in [-0.4, -0.2) is 19.2 Å². The molecule has 0 spiro atoms. The van der Waals surface area contributed by atoms with Crippen LogP contribution in [0.25, 0.3) is 0 Å². The Kier molecular flexibility index (Phi) is 3.72. The molecule has 2 heteroatoms. The van der Waals surface area contributed by atoms with E-state index in [2.05, 4.69) is 37.4 Å². The lowest BCUT2D eigenvalue weighted by Gasteiger charge is -2.36. The molecule has 0 radical (unpaired) electrons. The van der Waals surface area contributed by atoms with Crippen molar-refractivity contribution in [3.63, 3.8) is 0 Å². The molecule has 1 aliphatic rings. The van der Waals surface area contributed by atoms with Crippen LogP contribution in [-0.2, 0) is 12.8 Å². The van der Waals surface area contributed by atoms with Gasteiger partial charge in [0, 0.05) is 5.54 Å². The summed E-state index contributed by atoms with van der Waals surface area (Å²) in [6, 6.07) is 6.41. The van der Waals surface area contributed by atoms with Gasteiger partial charge in [0.25, 0.3) is 0 Å². The predicted molar refractivity (Wildman–Crippen MR) is 71.7 cm³/mol. The smallest absolute Gasteiger partial charge is 0.122 e. The van der Waals surface area contributed by atoms with Crippen molar-refractivity contribution in [2.45, 2.75) is 45.1 Å². The zero-order valence-electron chi connectivity index (χ0n) is 11.2. The maximum Gasteiger partial charge on any atom is 0.122 e. The van der Waals surface area contributed by atoms with Gasteiger partial charge in [0.1, 0.15) is 5.75 Å². The SMILES string of the molecule is CCCNC1(C)CCc2c(cccc2OC)C1. The molecule has 17 heavy (non-hydrogen) atoms.